The van der Waals surface area contributed by atoms with Crippen LogP contribution in [0.3, 0.4) is 0 Å². The lowest BCUT2D eigenvalue weighted by Crippen LogP contribution is -2.14. The van der Waals surface area contributed by atoms with Crippen LogP contribution in [0.4, 0.5) is 0 Å². The molecule has 0 saturated carbocycles. The van der Waals surface area contributed by atoms with Crippen molar-refractivity contribution < 1.29 is 4.74 Å². The van der Waals surface area contributed by atoms with Crippen LogP contribution in [0.25, 0.3) is 0 Å². The molecule has 106 valence electrons. The van der Waals surface area contributed by atoms with E-state index >= 15 is 0 Å². The van der Waals surface area contributed by atoms with E-state index in [1.165, 1.54) is 0 Å². The van der Waals surface area contributed by atoms with Crippen LogP contribution in [0.1, 0.15) is 24.6 Å². The smallest absolute Gasteiger partial charge is 0.123 e. The normalized spacial score (nSPS) is 10.5. The number of halogens is 1. The highest BCUT2D eigenvalue weighted by Gasteiger charge is 1.99. The molecule has 0 fully saturated rings. The molecule has 20 heavy (non-hydrogen) atoms. The van der Waals surface area contributed by atoms with Crippen molar-refractivity contribution in [1.82, 2.24) is 10.3 Å². The average molecular weight is 291 g/mol. The molecule has 1 aromatic heterocycles. The predicted molar refractivity (Wildman–Crippen MR) is 82.0 cm³/mol. The minimum atomic E-state index is 0.531. The third-order valence-electron chi connectivity index (χ3n) is 2.84. The molecule has 1 heterocycles. The van der Waals surface area contributed by atoms with Crippen LogP contribution < -0.4 is 10.1 Å². The second kappa shape index (κ2) is 7.88. The molecule has 4 heteroatoms. The number of nitrogens with zero attached hydrogens (tertiary/aromatic N) is 1. The summed E-state index contributed by atoms with van der Waals surface area (Å²) >= 11 is 5.85. The van der Waals surface area contributed by atoms with Crippen molar-refractivity contribution in [3.05, 3.63) is 58.9 Å². The van der Waals surface area contributed by atoms with Crippen LogP contribution >= 0.6 is 11.6 Å². The molecule has 0 aliphatic heterocycles. The molecule has 0 unspecified atom stereocenters. The van der Waals surface area contributed by atoms with Crippen molar-refractivity contribution in [2.24, 2.45) is 0 Å². The maximum atomic E-state index is 5.85. The van der Waals surface area contributed by atoms with E-state index in [2.05, 4.69) is 17.2 Å². The van der Waals surface area contributed by atoms with Gasteiger partial charge < -0.3 is 10.1 Å². The van der Waals surface area contributed by atoms with Crippen molar-refractivity contribution in [2.75, 3.05) is 6.54 Å². The van der Waals surface area contributed by atoms with Crippen molar-refractivity contribution >= 4 is 11.6 Å². The fourth-order valence-electron chi connectivity index (χ4n) is 1.78. The summed E-state index contributed by atoms with van der Waals surface area (Å²) in [7, 11) is 0. The number of hydrogen-bond donors (Lipinski definition) is 1. The monoisotopic (exact) mass is 290 g/mol. The predicted octanol–water partition coefficient (Wildman–Crippen LogP) is 3.81. The summed E-state index contributed by atoms with van der Waals surface area (Å²) in [5, 5.41) is 4.06. The topological polar surface area (TPSA) is 34.1 Å². The Labute approximate surface area is 124 Å². The van der Waals surface area contributed by atoms with E-state index in [0.717, 1.165) is 41.5 Å². The van der Waals surface area contributed by atoms with E-state index in [1.807, 2.05) is 36.4 Å². The van der Waals surface area contributed by atoms with E-state index in [0.29, 0.717) is 6.61 Å². The van der Waals surface area contributed by atoms with E-state index in [4.69, 9.17) is 16.3 Å². The number of benzene rings is 1. The summed E-state index contributed by atoms with van der Waals surface area (Å²) in [5.41, 5.74) is 2.09. The highest BCUT2D eigenvalue weighted by Crippen LogP contribution is 2.15. The first-order valence-electron chi connectivity index (χ1n) is 6.81. The molecule has 1 N–H and O–H groups in total. The summed E-state index contributed by atoms with van der Waals surface area (Å²) < 4.78 is 5.77. The van der Waals surface area contributed by atoms with E-state index in [-0.39, 0.29) is 0 Å². The van der Waals surface area contributed by atoms with Crippen LogP contribution in [0.15, 0.2) is 42.6 Å². The molecule has 0 aliphatic rings. The molecule has 1 aromatic carbocycles. The van der Waals surface area contributed by atoms with Crippen LogP contribution in [0.2, 0.25) is 5.02 Å². The fourth-order valence-corrected chi connectivity index (χ4v) is 1.91. The van der Waals surface area contributed by atoms with Crippen LogP contribution in [-0.2, 0) is 13.2 Å². The molecule has 0 saturated heterocycles. The molecule has 3 nitrogen and oxygen atoms in total. The van der Waals surface area contributed by atoms with Crippen LogP contribution in [-0.4, -0.2) is 11.5 Å². The van der Waals surface area contributed by atoms with E-state index < -0.39 is 0 Å². The zero-order valence-corrected chi connectivity index (χ0v) is 12.4. The minimum absolute atomic E-state index is 0.531. The molecular weight excluding hydrogens is 272 g/mol. The van der Waals surface area contributed by atoms with Crippen molar-refractivity contribution in [2.45, 2.75) is 26.5 Å². The maximum Gasteiger partial charge on any atom is 0.123 e. The average Bonchev–Trinajstić information content (AvgIpc) is 2.47. The van der Waals surface area contributed by atoms with Crippen molar-refractivity contribution in [3.63, 3.8) is 0 Å². The summed E-state index contributed by atoms with van der Waals surface area (Å²) in [6.45, 7) is 4.44. The third-order valence-corrected chi connectivity index (χ3v) is 3.09. The van der Waals surface area contributed by atoms with Crippen molar-refractivity contribution in [1.29, 1.82) is 0 Å². The lowest BCUT2D eigenvalue weighted by atomic mass is 10.2. The highest BCUT2D eigenvalue weighted by atomic mass is 35.5. The Morgan fingerprint density at radius 3 is 2.75 bits per heavy atom. The van der Waals surface area contributed by atoms with Gasteiger partial charge in [0.05, 0.1) is 5.69 Å². The van der Waals surface area contributed by atoms with Gasteiger partial charge in [-0.05, 0) is 36.7 Å². The minimum Gasteiger partial charge on any atom is -0.489 e. The lowest BCUT2D eigenvalue weighted by Gasteiger charge is -2.08. The lowest BCUT2D eigenvalue weighted by molar-refractivity contribution is 0.305. The number of aromatic nitrogens is 1. The zero-order chi connectivity index (χ0) is 14.2. The second-order valence-electron chi connectivity index (χ2n) is 4.57. The first-order valence-corrected chi connectivity index (χ1v) is 7.18. The zero-order valence-electron chi connectivity index (χ0n) is 11.6. The van der Waals surface area contributed by atoms with E-state index in [1.54, 1.807) is 6.20 Å². The fraction of sp³-hybridized carbons (Fsp3) is 0.312. The Morgan fingerprint density at radius 2 is 2.00 bits per heavy atom. The molecule has 2 aromatic rings. The number of hydrogen-bond acceptors (Lipinski definition) is 3. The van der Waals surface area contributed by atoms with Gasteiger partial charge in [0.1, 0.15) is 12.4 Å². The Bertz CT molecular complexity index is 528. The molecule has 0 aliphatic carbocycles. The Morgan fingerprint density at radius 1 is 1.20 bits per heavy atom. The Kier molecular flexibility index (Phi) is 5.84. The van der Waals surface area contributed by atoms with Gasteiger partial charge in [-0.15, -0.1) is 0 Å². The standard InChI is InChI=1S/C16H19ClN2O/c1-2-8-18-11-15-10-16(7-9-19-15)20-12-13-3-5-14(17)6-4-13/h3-7,9-10,18H,2,8,11-12H2,1H3. The summed E-state index contributed by atoms with van der Waals surface area (Å²) in [4.78, 5) is 4.32. The molecule has 0 radical (unpaired) electrons. The SMILES string of the molecule is CCCNCc1cc(OCc2ccc(Cl)cc2)ccn1. The van der Waals surface area contributed by atoms with Gasteiger partial charge in [0.2, 0.25) is 0 Å². The second-order valence-corrected chi connectivity index (χ2v) is 5.01. The molecule has 0 atom stereocenters. The van der Waals surface area contributed by atoms with Gasteiger partial charge >= 0.3 is 0 Å². The van der Waals surface area contributed by atoms with Gasteiger partial charge in [0.25, 0.3) is 0 Å². The largest absolute Gasteiger partial charge is 0.489 e. The molecule has 0 bridgehead atoms. The maximum absolute atomic E-state index is 5.85. The first-order chi connectivity index (χ1) is 9.78. The summed E-state index contributed by atoms with van der Waals surface area (Å²) in [6, 6.07) is 11.5. The van der Waals surface area contributed by atoms with Crippen LogP contribution in [0.5, 0.6) is 5.75 Å². The molecular formula is C16H19ClN2O. The molecule has 0 spiro atoms. The third kappa shape index (κ3) is 4.83. The highest BCUT2D eigenvalue weighted by molar-refractivity contribution is 6.30. The van der Waals surface area contributed by atoms with Gasteiger partial charge in [-0.3, -0.25) is 4.98 Å². The van der Waals surface area contributed by atoms with Gasteiger partial charge in [-0.2, -0.15) is 0 Å². The van der Waals surface area contributed by atoms with Crippen LogP contribution in [0, 0.1) is 0 Å². The summed E-state index contributed by atoms with van der Waals surface area (Å²) in [6.07, 6.45) is 2.90. The Hall–Kier alpha value is -1.58. The first kappa shape index (κ1) is 14.8. The van der Waals surface area contributed by atoms with Gasteiger partial charge in [0, 0.05) is 23.8 Å². The van der Waals surface area contributed by atoms with E-state index in [9.17, 15) is 0 Å². The quantitative estimate of drug-likeness (QED) is 0.787. The number of pyridine rings is 1. The van der Waals surface area contributed by atoms with Gasteiger partial charge in [0.15, 0.2) is 0 Å². The molecule has 2 rings (SSSR count). The molecule has 0 amide bonds. The number of ether oxygens (including phenoxy) is 1. The Balaban J connectivity index is 1.89. The number of rotatable bonds is 7. The summed E-state index contributed by atoms with van der Waals surface area (Å²) in [5.74, 6) is 0.836. The van der Waals surface area contributed by atoms with Gasteiger partial charge in [-0.25, -0.2) is 0 Å². The number of nitrogens with one attached hydrogen (secondary N) is 1. The van der Waals surface area contributed by atoms with Crippen molar-refractivity contribution in [3.8, 4) is 5.75 Å². The van der Waals surface area contributed by atoms with Gasteiger partial charge in [-0.1, -0.05) is 30.7 Å².